The zero-order valence-corrected chi connectivity index (χ0v) is 14.0. The molecule has 21 heavy (non-hydrogen) atoms. The average Bonchev–Trinajstić information content (AvgIpc) is 2.41. The van der Waals surface area contributed by atoms with Gasteiger partial charge in [-0.2, -0.15) is 0 Å². The number of sulfonamides is 1. The SMILES string of the molecule is Cc1cc(Cl)c(S(=O)(=O)NCC2CCCN(C)C2)cc1N. The van der Waals surface area contributed by atoms with Crippen LogP contribution in [-0.4, -0.2) is 40.0 Å². The van der Waals surface area contributed by atoms with Gasteiger partial charge < -0.3 is 10.6 Å². The van der Waals surface area contributed by atoms with Gasteiger partial charge in [0.1, 0.15) is 4.90 Å². The number of rotatable bonds is 4. The Balaban J connectivity index is 2.10. The molecule has 0 aromatic heterocycles. The average molecular weight is 332 g/mol. The lowest BCUT2D eigenvalue weighted by Gasteiger charge is -2.29. The van der Waals surface area contributed by atoms with Gasteiger partial charge in [-0.25, -0.2) is 13.1 Å². The molecule has 0 saturated carbocycles. The van der Waals surface area contributed by atoms with Crippen LogP contribution in [0.25, 0.3) is 0 Å². The Labute approximate surface area is 131 Å². The Kier molecular flexibility index (Phi) is 5.14. The van der Waals surface area contributed by atoms with Crippen molar-refractivity contribution in [2.45, 2.75) is 24.7 Å². The molecule has 0 bridgehead atoms. The van der Waals surface area contributed by atoms with Crippen LogP contribution in [0.2, 0.25) is 5.02 Å². The van der Waals surface area contributed by atoms with E-state index in [-0.39, 0.29) is 9.92 Å². The van der Waals surface area contributed by atoms with E-state index in [2.05, 4.69) is 16.7 Å². The first-order valence-electron chi connectivity index (χ1n) is 7.03. The molecule has 1 atom stereocenters. The first-order chi connectivity index (χ1) is 9.79. The predicted octanol–water partition coefficient (Wildman–Crippen LogP) is 1.85. The van der Waals surface area contributed by atoms with Crippen molar-refractivity contribution in [3.05, 3.63) is 22.7 Å². The summed E-state index contributed by atoms with van der Waals surface area (Å²) in [6.45, 7) is 4.20. The molecule has 1 aliphatic heterocycles. The summed E-state index contributed by atoms with van der Waals surface area (Å²) < 4.78 is 27.4. The van der Waals surface area contributed by atoms with Crippen LogP contribution >= 0.6 is 11.6 Å². The molecule has 0 amide bonds. The van der Waals surface area contributed by atoms with E-state index in [0.29, 0.717) is 18.2 Å². The molecule has 7 heteroatoms. The number of benzene rings is 1. The van der Waals surface area contributed by atoms with Crippen LogP contribution in [0.3, 0.4) is 0 Å². The molecular weight excluding hydrogens is 310 g/mol. The van der Waals surface area contributed by atoms with Gasteiger partial charge in [0.05, 0.1) is 5.02 Å². The van der Waals surface area contributed by atoms with E-state index in [9.17, 15) is 8.42 Å². The van der Waals surface area contributed by atoms with Gasteiger partial charge in [-0.05, 0) is 57.0 Å². The number of nitrogens with zero attached hydrogens (tertiary/aromatic N) is 1. The topological polar surface area (TPSA) is 75.4 Å². The van der Waals surface area contributed by atoms with E-state index in [1.807, 2.05) is 0 Å². The summed E-state index contributed by atoms with van der Waals surface area (Å²) in [6.07, 6.45) is 2.14. The number of nitrogen functional groups attached to an aromatic ring is 1. The fourth-order valence-corrected chi connectivity index (χ4v) is 4.35. The summed E-state index contributed by atoms with van der Waals surface area (Å²) in [5, 5.41) is 0.204. The highest BCUT2D eigenvalue weighted by Crippen LogP contribution is 2.27. The highest BCUT2D eigenvalue weighted by molar-refractivity contribution is 7.89. The lowest BCUT2D eigenvalue weighted by atomic mass is 9.99. The maximum Gasteiger partial charge on any atom is 0.242 e. The Morgan fingerprint density at radius 1 is 1.48 bits per heavy atom. The Bertz CT molecular complexity index is 619. The number of hydrogen-bond acceptors (Lipinski definition) is 4. The van der Waals surface area contributed by atoms with E-state index in [1.165, 1.54) is 6.07 Å². The van der Waals surface area contributed by atoms with Crippen molar-refractivity contribution in [1.29, 1.82) is 0 Å². The van der Waals surface area contributed by atoms with Gasteiger partial charge in [0.2, 0.25) is 10.0 Å². The summed E-state index contributed by atoms with van der Waals surface area (Å²) in [5.41, 5.74) is 6.98. The third-order valence-corrected chi connectivity index (χ3v) is 5.78. The lowest BCUT2D eigenvalue weighted by molar-refractivity contribution is 0.211. The largest absolute Gasteiger partial charge is 0.398 e. The normalized spacial score (nSPS) is 20.6. The lowest BCUT2D eigenvalue weighted by Crippen LogP contribution is -2.39. The molecule has 0 aliphatic carbocycles. The number of aryl methyl sites for hydroxylation is 1. The third kappa shape index (κ3) is 4.10. The van der Waals surface area contributed by atoms with Gasteiger partial charge in [-0.15, -0.1) is 0 Å². The number of likely N-dealkylation sites (tertiary alicyclic amines) is 1. The molecule has 0 radical (unpaired) electrons. The van der Waals surface area contributed by atoms with Crippen molar-refractivity contribution >= 4 is 27.3 Å². The van der Waals surface area contributed by atoms with Crippen LogP contribution in [0.5, 0.6) is 0 Å². The molecule has 2 rings (SSSR count). The number of piperidine rings is 1. The molecule has 1 saturated heterocycles. The quantitative estimate of drug-likeness (QED) is 0.826. The molecule has 1 heterocycles. The predicted molar refractivity (Wildman–Crippen MR) is 86.0 cm³/mol. The van der Waals surface area contributed by atoms with Crippen molar-refractivity contribution in [3.63, 3.8) is 0 Å². The van der Waals surface area contributed by atoms with Gasteiger partial charge in [-0.1, -0.05) is 11.6 Å². The van der Waals surface area contributed by atoms with E-state index in [0.717, 1.165) is 31.5 Å². The second-order valence-corrected chi connectivity index (χ2v) is 7.90. The van der Waals surface area contributed by atoms with E-state index >= 15 is 0 Å². The molecule has 3 N–H and O–H groups in total. The fraction of sp³-hybridized carbons (Fsp3) is 0.571. The molecule has 1 aliphatic rings. The monoisotopic (exact) mass is 331 g/mol. The molecule has 1 aromatic carbocycles. The first-order valence-corrected chi connectivity index (χ1v) is 8.89. The van der Waals surface area contributed by atoms with Crippen molar-refractivity contribution in [2.75, 3.05) is 32.4 Å². The molecular formula is C14H22ClN3O2S. The van der Waals surface area contributed by atoms with Gasteiger partial charge in [0.15, 0.2) is 0 Å². The highest BCUT2D eigenvalue weighted by Gasteiger charge is 2.23. The zero-order chi connectivity index (χ0) is 15.6. The number of nitrogens with one attached hydrogen (secondary N) is 1. The van der Waals surface area contributed by atoms with Crippen molar-refractivity contribution in [2.24, 2.45) is 5.92 Å². The minimum atomic E-state index is -3.63. The van der Waals surface area contributed by atoms with Crippen molar-refractivity contribution < 1.29 is 8.42 Å². The summed E-state index contributed by atoms with van der Waals surface area (Å²) in [7, 11) is -1.57. The van der Waals surface area contributed by atoms with Crippen LogP contribution in [0.15, 0.2) is 17.0 Å². The van der Waals surface area contributed by atoms with Gasteiger partial charge in [-0.3, -0.25) is 0 Å². The molecule has 1 fully saturated rings. The van der Waals surface area contributed by atoms with Crippen LogP contribution < -0.4 is 10.5 Å². The van der Waals surface area contributed by atoms with E-state index in [1.54, 1.807) is 13.0 Å². The number of anilines is 1. The molecule has 1 aromatic rings. The van der Waals surface area contributed by atoms with Gasteiger partial charge in [0, 0.05) is 18.8 Å². The summed E-state index contributed by atoms with van der Waals surface area (Å²) >= 11 is 6.05. The second-order valence-electron chi connectivity index (χ2n) is 5.76. The van der Waals surface area contributed by atoms with E-state index in [4.69, 9.17) is 17.3 Å². The molecule has 1 unspecified atom stereocenters. The number of nitrogens with two attached hydrogens (primary N) is 1. The summed E-state index contributed by atoms with van der Waals surface area (Å²) in [6, 6.07) is 3.01. The number of halogens is 1. The van der Waals surface area contributed by atoms with Crippen LogP contribution in [-0.2, 0) is 10.0 Å². The molecule has 0 spiro atoms. The maximum atomic E-state index is 12.4. The fourth-order valence-electron chi connectivity index (χ4n) is 2.62. The van der Waals surface area contributed by atoms with Crippen molar-refractivity contribution in [3.8, 4) is 0 Å². The Hall–Kier alpha value is -0.820. The van der Waals surface area contributed by atoms with Gasteiger partial charge in [0.25, 0.3) is 0 Å². The molecule has 118 valence electrons. The second kappa shape index (κ2) is 6.52. The maximum absolute atomic E-state index is 12.4. The van der Waals surface area contributed by atoms with Crippen LogP contribution in [0, 0.1) is 12.8 Å². The summed E-state index contributed by atoms with van der Waals surface area (Å²) in [4.78, 5) is 2.27. The number of hydrogen-bond donors (Lipinski definition) is 2. The Morgan fingerprint density at radius 3 is 2.86 bits per heavy atom. The molecule has 5 nitrogen and oxygen atoms in total. The smallest absolute Gasteiger partial charge is 0.242 e. The Morgan fingerprint density at radius 2 is 2.19 bits per heavy atom. The van der Waals surface area contributed by atoms with Crippen molar-refractivity contribution in [1.82, 2.24) is 9.62 Å². The van der Waals surface area contributed by atoms with Crippen LogP contribution in [0.1, 0.15) is 18.4 Å². The summed E-state index contributed by atoms with van der Waals surface area (Å²) in [5.74, 6) is 0.333. The van der Waals surface area contributed by atoms with Crippen LogP contribution in [0.4, 0.5) is 5.69 Å². The minimum Gasteiger partial charge on any atom is -0.398 e. The zero-order valence-electron chi connectivity index (χ0n) is 12.4. The third-order valence-electron chi connectivity index (χ3n) is 3.89. The van der Waals surface area contributed by atoms with E-state index < -0.39 is 10.0 Å². The minimum absolute atomic E-state index is 0.0523. The first kappa shape index (κ1) is 16.5. The van der Waals surface area contributed by atoms with Gasteiger partial charge >= 0.3 is 0 Å². The highest BCUT2D eigenvalue weighted by atomic mass is 35.5. The standard InChI is InChI=1S/C14H22ClN3O2S/c1-10-6-12(15)14(7-13(10)16)21(19,20)17-8-11-4-3-5-18(2)9-11/h6-7,11,17H,3-5,8-9,16H2,1-2H3.